The summed E-state index contributed by atoms with van der Waals surface area (Å²) >= 11 is 1.36. The Morgan fingerprint density at radius 2 is 2.07 bits per heavy atom. The van der Waals surface area contributed by atoms with E-state index in [-0.39, 0.29) is 16.6 Å². The normalized spacial score (nSPS) is 16.7. The SMILES string of the molecule is COc1cccc2sc(N(CC3CCCO3)C(=O)c3ccccc3S(C)(=O)=O)nc12. The summed E-state index contributed by atoms with van der Waals surface area (Å²) in [5.41, 5.74) is 0.797. The van der Waals surface area contributed by atoms with Gasteiger partial charge in [0.1, 0.15) is 11.3 Å². The Kier molecular flexibility index (Phi) is 5.77. The molecule has 1 saturated heterocycles. The van der Waals surface area contributed by atoms with Crippen LogP contribution in [0.15, 0.2) is 47.4 Å². The van der Waals surface area contributed by atoms with E-state index >= 15 is 0 Å². The summed E-state index contributed by atoms with van der Waals surface area (Å²) in [5.74, 6) is 0.209. The van der Waals surface area contributed by atoms with E-state index in [0.717, 1.165) is 23.8 Å². The number of methoxy groups -OCH3 is 1. The van der Waals surface area contributed by atoms with Crippen LogP contribution in [0.4, 0.5) is 5.13 Å². The fourth-order valence-electron chi connectivity index (χ4n) is 3.54. The van der Waals surface area contributed by atoms with Gasteiger partial charge in [0.2, 0.25) is 0 Å². The molecule has 2 aromatic carbocycles. The molecule has 1 aromatic heterocycles. The van der Waals surface area contributed by atoms with Crippen LogP contribution in [0.2, 0.25) is 0 Å². The van der Waals surface area contributed by atoms with Crippen LogP contribution in [0.1, 0.15) is 23.2 Å². The zero-order valence-corrected chi connectivity index (χ0v) is 18.3. The number of carbonyl (C=O) groups excluding carboxylic acids is 1. The van der Waals surface area contributed by atoms with Gasteiger partial charge in [-0.3, -0.25) is 9.69 Å². The van der Waals surface area contributed by atoms with E-state index in [1.54, 1.807) is 19.2 Å². The van der Waals surface area contributed by atoms with Gasteiger partial charge in [-0.25, -0.2) is 13.4 Å². The van der Waals surface area contributed by atoms with Gasteiger partial charge in [0.15, 0.2) is 15.0 Å². The molecule has 30 heavy (non-hydrogen) atoms. The van der Waals surface area contributed by atoms with Crippen molar-refractivity contribution in [2.75, 3.05) is 31.4 Å². The quantitative estimate of drug-likeness (QED) is 0.576. The van der Waals surface area contributed by atoms with Crippen molar-refractivity contribution in [3.05, 3.63) is 48.0 Å². The highest BCUT2D eigenvalue weighted by Crippen LogP contribution is 2.35. The zero-order valence-electron chi connectivity index (χ0n) is 16.7. The number of aromatic nitrogens is 1. The Bertz CT molecular complexity index is 1180. The first-order valence-corrected chi connectivity index (χ1v) is 12.3. The number of sulfone groups is 1. The molecule has 1 unspecified atom stereocenters. The topological polar surface area (TPSA) is 85.8 Å². The molecule has 7 nitrogen and oxygen atoms in total. The van der Waals surface area contributed by atoms with Crippen molar-refractivity contribution < 1.29 is 22.7 Å². The minimum absolute atomic E-state index is 0.00559. The number of amides is 1. The summed E-state index contributed by atoms with van der Waals surface area (Å²) in [6.45, 7) is 0.958. The maximum Gasteiger partial charge on any atom is 0.261 e. The molecule has 1 aliphatic rings. The van der Waals surface area contributed by atoms with Crippen molar-refractivity contribution >= 4 is 42.4 Å². The molecule has 1 atom stereocenters. The van der Waals surface area contributed by atoms with E-state index in [4.69, 9.17) is 9.47 Å². The lowest BCUT2D eigenvalue weighted by Crippen LogP contribution is -2.38. The summed E-state index contributed by atoms with van der Waals surface area (Å²) in [4.78, 5) is 19.8. The van der Waals surface area contributed by atoms with Crippen LogP contribution in [0.5, 0.6) is 5.75 Å². The summed E-state index contributed by atoms with van der Waals surface area (Å²) in [6, 6.07) is 11.9. The predicted octanol–water partition coefficient (Wildman–Crippen LogP) is 3.53. The monoisotopic (exact) mass is 446 g/mol. The van der Waals surface area contributed by atoms with Gasteiger partial charge in [0, 0.05) is 12.9 Å². The fourth-order valence-corrected chi connectivity index (χ4v) is 5.41. The molecule has 2 heterocycles. The smallest absolute Gasteiger partial charge is 0.261 e. The number of hydrogen-bond acceptors (Lipinski definition) is 7. The number of para-hydroxylation sites is 1. The maximum absolute atomic E-state index is 13.6. The highest BCUT2D eigenvalue weighted by molar-refractivity contribution is 7.90. The molecular weight excluding hydrogens is 424 g/mol. The molecule has 0 radical (unpaired) electrons. The first kappa shape index (κ1) is 20.8. The van der Waals surface area contributed by atoms with Crippen molar-refractivity contribution in [1.29, 1.82) is 0 Å². The third-order valence-corrected chi connectivity index (χ3v) is 7.19. The van der Waals surface area contributed by atoms with Gasteiger partial charge in [0.25, 0.3) is 5.91 Å². The lowest BCUT2D eigenvalue weighted by molar-refractivity contribution is 0.0915. The molecule has 0 spiro atoms. The number of carbonyl (C=O) groups is 1. The first-order valence-electron chi connectivity index (χ1n) is 9.54. The van der Waals surface area contributed by atoms with Gasteiger partial charge in [0.05, 0.1) is 34.9 Å². The van der Waals surface area contributed by atoms with E-state index < -0.39 is 15.7 Å². The Labute approximate surface area is 179 Å². The van der Waals surface area contributed by atoms with Crippen molar-refractivity contribution in [2.45, 2.75) is 23.8 Å². The van der Waals surface area contributed by atoms with Gasteiger partial charge in [-0.15, -0.1) is 0 Å². The van der Waals surface area contributed by atoms with Crippen molar-refractivity contribution in [2.24, 2.45) is 0 Å². The van der Waals surface area contributed by atoms with Crippen LogP contribution < -0.4 is 9.64 Å². The second kappa shape index (κ2) is 8.33. The first-order chi connectivity index (χ1) is 14.4. The van der Waals surface area contributed by atoms with Gasteiger partial charge < -0.3 is 9.47 Å². The number of rotatable bonds is 6. The van der Waals surface area contributed by atoms with Crippen LogP contribution >= 0.6 is 11.3 Å². The number of hydrogen-bond donors (Lipinski definition) is 0. The minimum Gasteiger partial charge on any atom is -0.494 e. The molecule has 0 bridgehead atoms. The third kappa shape index (κ3) is 4.05. The van der Waals surface area contributed by atoms with Crippen LogP contribution in [-0.4, -0.2) is 51.9 Å². The molecule has 0 saturated carbocycles. The van der Waals surface area contributed by atoms with E-state index in [2.05, 4.69) is 4.98 Å². The molecule has 1 amide bonds. The Morgan fingerprint density at radius 3 is 2.77 bits per heavy atom. The Balaban J connectivity index is 1.81. The van der Waals surface area contributed by atoms with Crippen LogP contribution in [0, 0.1) is 0 Å². The second-order valence-electron chi connectivity index (χ2n) is 7.12. The van der Waals surface area contributed by atoms with E-state index in [9.17, 15) is 13.2 Å². The van der Waals surface area contributed by atoms with E-state index in [0.29, 0.717) is 29.5 Å². The molecular formula is C21H22N2O5S2. The van der Waals surface area contributed by atoms with Gasteiger partial charge in [-0.2, -0.15) is 0 Å². The third-order valence-electron chi connectivity index (χ3n) is 4.99. The fraction of sp³-hybridized carbons (Fsp3) is 0.333. The number of ether oxygens (including phenoxy) is 2. The molecule has 9 heteroatoms. The lowest BCUT2D eigenvalue weighted by atomic mass is 10.1. The molecule has 4 rings (SSSR count). The molecule has 1 aliphatic heterocycles. The molecule has 0 N–H and O–H groups in total. The molecule has 158 valence electrons. The standard InChI is InChI=1S/C21H22N2O5S2/c1-27-16-9-5-10-17-19(16)22-21(29-17)23(13-14-7-6-12-28-14)20(24)15-8-3-4-11-18(15)30(2,25)26/h3-5,8-11,14H,6-7,12-13H2,1-2H3. The van der Waals surface area contributed by atoms with Crippen LogP contribution in [-0.2, 0) is 14.6 Å². The van der Waals surface area contributed by atoms with Crippen LogP contribution in [0.25, 0.3) is 10.2 Å². The second-order valence-corrected chi connectivity index (χ2v) is 10.1. The molecule has 0 aliphatic carbocycles. The maximum atomic E-state index is 13.6. The van der Waals surface area contributed by atoms with E-state index in [1.807, 2.05) is 18.2 Å². The Morgan fingerprint density at radius 1 is 1.27 bits per heavy atom. The number of nitrogens with zero attached hydrogens (tertiary/aromatic N) is 2. The highest BCUT2D eigenvalue weighted by Gasteiger charge is 2.30. The summed E-state index contributed by atoms with van der Waals surface area (Å²) in [6.07, 6.45) is 2.76. The van der Waals surface area contributed by atoms with Crippen molar-refractivity contribution in [3.63, 3.8) is 0 Å². The van der Waals surface area contributed by atoms with Gasteiger partial charge in [-0.05, 0) is 37.1 Å². The largest absolute Gasteiger partial charge is 0.494 e. The van der Waals surface area contributed by atoms with E-state index in [1.165, 1.54) is 28.4 Å². The number of anilines is 1. The average Bonchev–Trinajstić information content (AvgIpc) is 3.40. The summed E-state index contributed by atoms with van der Waals surface area (Å²) < 4.78 is 36.5. The van der Waals surface area contributed by atoms with Crippen molar-refractivity contribution in [1.82, 2.24) is 4.98 Å². The van der Waals surface area contributed by atoms with Gasteiger partial charge >= 0.3 is 0 Å². The van der Waals surface area contributed by atoms with Crippen LogP contribution in [0.3, 0.4) is 0 Å². The number of fused-ring (bicyclic) bond motifs is 1. The lowest BCUT2D eigenvalue weighted by Gasteiger charge is -2.24. The summed E-state index contributed by atoms with van der Waals surface area (Å²) in [7, 11) is -2.00. The summed E-state index contributed by atoms with van der Waals surface area (Å²) in [5, 5.41) is 0.485. The molecule has 1 fully saturated rings. The molecule has 3 aromatic rings. The van der Waals surface area contributed by atoms with Crippen molar-refractivity contribution in [3.8, 4) is 5.75 Å². The number of thiazole rings is 1. The van der Waals surface area contributed by atoms with Gasteiger partial charge in [-0.1, -0.05) is 29.5 Å². The Hall–Kier alpha value is -2.49. The zero-order chi connectivity index (χ0) is 21.3. The number of benzene rings is 2. The highest BCUT2D eigenvalue weighted by atomic mass is 32.2. The average molecular weight is 447 g/mol. The predicted molar refractivity (Wildman–Crippen MR) is 116 cm³/mol. The minimum atomic E-state index is -3.57.